The number of aryl methyl sites for hydroxylation is 2. The molecule has 0 saturated carbocycles. The van der Waals surface area contributed by atoms with Gasteiger partial charge in [0, 0.05) is 24.2 Å². The van der Waals surface area contributed by atoms with E-state index in [0.717, 1.165) is 45.3 Å². The number of nitrogens with zero attached hydrogens (tertiary/aromatic N) is 3. The van der Waals surface area contributed by atoms with Crippen molar-refractivity contribution in [3.05, 3.63) is 59.3 Å². The van der Waals surface area contributed by atoms with Gasteiger partial charge < -0.3 is 10.2 Å². The van der Waals surface area contributed by atoms with E-state index in [-0.39, 0.29) is 5.91 Å². The molecule has 5 nitrogen and oxygen atoms in total. The summed E-state index contributed by atoms with van der Waals surface area (Å²) in [5.74, 6) is -0.0584. The number of rotatable bonds is 4. The number of benzene rings is 2. The highest BCUT2D eigenvalue weighted by Crippen LogP contribution is 2.30. The Bertz CT molecular complexity index is 1170. The molecule has 0 saturated heterocycles. The van der Waals surface area contributed by atoms with Crippen LogP contribution in [-0.4, -0.2) is 47.4 Å². The van der Waals surface area contributed by atoms with Crippen molar-refractivity contribution in [1.82, 2.24) is 19.6 Å². The highest BCUT2D eigenvalue weighted by Gasteiger charge is 2.17. The predicted molar refractivity (Wildman–Crippen MR) is 111 cm³/mol. The number of pyridine rings is 1. The van der Waals surface area contributed by atoms with Crippen LogP contribution in [0.15, 0.2) is 42.5 Å². The highest BCUT2D eigenvalue weighted by molar-refractivity contribution is 6.13. The van der Waals surface area contributed by atoms with E-state index in [9.17, 15) is 4.79 Å². The summed E-state index contributed by atoms with van der Waals surface area (Å²) < 4.78 is 2.15. The highest BCUT2D eigenvalue weighted by atomic mass is 16.1. The molecule has 27 heavy (non-hydrogen) atoms. The zero-order valence-corrected chi connectivity index (χ0v) is 16.2. The molecule has 1 N–H and O–H groups in total. The molecule has 0 aliphatic carbocycles. The van der Waals surface area contributed by atoms with Gasteiger partial charge in [-0.25, -0.2) is 4.98 Å². The van der Waals surface area contributed by atoms with E-state index >= 15 is 0 Å². The number of hydrogen-bond donors (Lipinski definition) is 1. The van der Waals surface area contributed by atoms with E-state index in [1.807, 2.05) is 32.3 Å². The molecule has 0 aliphatic rings. The van der Waals surface area contributed by atoms with Gasteiger partial charge in [0.05, 0.1) is 16.6 Å². The summed E-state index contributed by atoms with van der Waals surface area (Å²) in [6, 6.07) is 14.2. The fourth-order valence-electron chi connectivity index (χ4n) is 3.67. The van der Waals surface area contributed by atoms with Crippen molar-refractivity contribution in [2.24, 2.45) is 0 Å². The van der Waals surface area contributed by atoms with Gasteiger partial charge in [0.25, 0.3) is 5.91 Å². The summed E-state index contributed by atoms with van der Waals surface area (Å²) in [6.07, 6.45) is 0. The van der Waals surface area contributed by atoms with Gasteiger partial charge in [0.15, 0.2) is 0 Å². The van der Waals surface area contributed by atoms with Crippen molar-refractivity contribution in [3.8, 4) is 0 Å². The lowest BCUT2D eigenvalue weighted by Gasteiger charge is -2.13. The van der Waals surface area contributed by atoms with Gasteiger partial charge in [0.2, 0.25) is 0 Å². The number of imidazole rings is 1. The summed E-state index contributed by atoms with van der Waals surface area (Å²) in [6.45, 7) is 5.57. The Morgan fingerprint density at radius 2 is 1.93 bits per heavy atom. The van der Waals surface area contributed by atoms with Gasteiger partial charge in [-0.15, -0.1) is 0 Å². The average molecular weight is 360 g/mol. The van der Waals surface area contributed by atoms with Crippen LogP contribution in [0.4, 0.5) is 0 Å². The minimum atomic E-state index is -0.0584. The normalized spacial score (nSPS) is 11.7. The maximum atomic E-state index is 12.9. The number of para-hydroxylation sites is 1. The largest absolute Gasteiger partial charge is 0.351 e. The molecule has 0 radical (unpaired) electrons. The molecule has 0 atom stereocenters. The SMILES string of the molecule is Cc1cccc2c1nc1c3c(C(=O)NCCN(C)C)cccc3cc(C)n21. The van der Waals surface area contributed by atoms with E-state index < -0.39 is 0 Å². The Kier molecular flexibility index (Phi) is 4.32. The van der Waals surface area contributed by atoms with Crippen LogP contribution in [0.1, 0.15) is 21.6 Å². The van der Waals surface area contributed by atoms with Gasteiger partial charge in [-0.3, -0.25) is 9.20 Å². The van der Waals surface area contributed by atoms with Crippen LogP contribution >= 0.6 is 0 Å². The van der Waals surface area contributed by atoms with E-state index in [0.29, 0.717) is 12.1 Å². The second kappa shape index (κ2) is 6.67. The van der Waals surface area contributed by atoms with Crippen molar-refractivity contribution in [2.75, 3.05) is 27.2 Å². The van der Waals surface area contributed by atoms with Crippen LogP contribution in [0, 0.1) is 13.8 Å². The minimum Gasteiger partial charge on any atom is -0.351 e. The number of fused-ring (bicyclic) bond motifs is 5. The molecule has 0 aliphatic heterocycles. The first-order chi connectivity index (χ1) is 13.0. The summed E-state index contributed by atoms with van der Waals surface area (Å²) in [5, 5.41) is 4.97. The van der Waals surface area contributed by atoms with Gasteiger partial charge in [0.1, 0.15) is 5.65 Å². The molecule has 5 heteroatoms. The van der Waals surface area contributed by atoms with Crippen LogP contribution in [0.5, 0.6) is 0 Å². The number of carbonyl (C=O) groups is 1. The van der Waals surface area contributed by atoms with Gasteiger partial charge in [-0.2, -0.15) is 0 Å². The molecule has 4 aromatic rings. The van der Waals surface area contributed by atoms with Crippen LogP contribution in [0.3, 0.4) is 0 Å². The Labute approximate surface area is 158 Å². The monoisotopic (exact) mass is 360 g/mol. The zero-order valence-electron chi connectivity index (χ0n) is 16.2. The molecule has 4 rings (SSSR count). The first-order valence-electron chi connectivity index (χ1n) is 9.20. The first kappa shape index (κ1) is 17.5. The molecule has 138 valence electrons. The van der Waals surface area contributed by atoms with Crippen molar-refractivity contribution >= 4 is 33.4 Å². The molecule has 1 amide bonds. The molecule has 2 aromatic carbocycles. The third-order valence-electron chi connectivity index (χ3n) is 5.01. The number of amides is 1. The van der Waals surface area contributed by atoms with Crippen molar-refractivity contribution in [1.29, 1.82) is 0 Å². The summed E-state index contributed by atoms with van der Waals surface area (Å²) in [4.78, 5) is 19.9. The number of likely N-dealkylation sites (N-methyl/N-ethyl adjacent to an activating group) is 1. The number of hydrogen-bond acceptors (Lipinski definition) is 3. The maximum Gasteiger partial charge on any atom is 0.252 e. The fraction of sp³-hybridized carbons (Fsp3) is 0.273. The topological polar surface area (TPSA) is 49.6 Å². The van der Waals surface area contributed by atoms with E-state index in [1.165, 1.54) is 0 Å². The lowest BCUT2D eigenvalue weighted by molar-refractivity contribution is 0.0952. The quantitative estimate of drug-likeness (QED) is 0.605. The lowest BCUT2D eigenvalue weighted by Crippen LogP contribution is -2.31. The zero-order chi connectivity index (χ0) is 19.1. The van der Waals surface area contributed by atoms with Gasteiger partial charge in [-0.1, -0.05) is 24.3 Å². The number of carbonyl (C=O) groups excluding carboxylic acids is 1. The fourth-order valence-corrected chi connectivity index (χ4v) is 3.67. The van der Waals surface area contributed by atoms with E-state index in [4.69, 9.17) is 4.98 Å². The lowest BCUT2D eigenvalue weighted by atomic mass is 10.0. The summed E-state index contributed by atoms with van der Waals surface area (Å²) in [7, 11) is 3.99. The van der Waals surface area contributed by atoms with Crippen LogP contribution < -0.4 is 5.32 Å². The van der Waals surface area contributed by atoms with Crippen molar-refractivity contribution in [2.45, 2.75) is 13.8 Å². The second-order valence-electron chi connectivity index (χ2n) is 7.33. The molecule has 0 spiro atoms. The first-order valence-corrected chi connectivity index (χ1v) is 9.20. The molecular weight excluding hydrogens is 336 g/mol. The average Bonchev–Trinajstić information content (AvgIpc) is 3.02. The Morgan fingerprint density at radius 3 is 2.70 bits per heavy atom. The molecule has 0 unspecified atom stereocenters. The standard InChI is InChI=1S/C22H24N4O/c1-14-7-5-10-18-20(14)24-21-19-16(13-15(2)26(18)21)8-6-9-17(19)22(27)23-11-12-25(3)4/h5-10,13H,11-12H2,1-4H3,(H,23,27). The summed E-state index contributed by atoms with van der Waals surface area (Å²) in [5.41, 5.74) is 5.81. The maximum absolute atomic E-state index is 12.9. The van der Waals surface area contributed by atoms with Gasteiger partial charge >= 0.3 is 0 Å². The third-order valence-corrected chi connectivity index (χ3v) is 5.01. The molecule has 0 fully saturated rings. The predicted octanol–water partition coefficient (Wildman–Crippen LogP) is 3.55. The molecule has 2 aromatic heterocycles. The summed E-state index contributed by atoms with van der Waals surface area (Å²) >= 11 is 0. The second-order valence-corrected chi connectivity index (χ2v) is 7.33. The van der Waals surface area contributed by atoms with Crippen molar-refractivity contribution in [3.63, 3.8) is 0 Å². The van der Waals surface area contributed by atoms with Crippen LogP contribution in [0.25, 0.3) is 27.5 Å². The smallest absolute Gasteiger partial charge is 0.252 e. The van der Waals surface area contributed by atoms with Crippen LogP contribution in [-0.2, 0) is 0 Å². The number of nitrogens with one attached hydrogen (secondary N) is 1. The molecule has 0 bridgehead atoms. The Hall–Kier alpha value is -2.92. The molecular formula is C22H24N4O. The third kappa shape index (κ3) is 2.94. The number of aromatic nitrogens is 2. The van der Waals surface area contributed by atoms with E-state index in [1.54, 1.807) is 0 Å². The van der Waals surface area contributed by atoms with E-state index in [2.05, 4.69) is 52.7 Å². The molecule has 2 heterocycles. The minimum absolute atomic E-state index is 0.0584. The van der Waals surface area contributed by atoms with Crippen LogP contribution in [0.2, 0.25) is 0 Å². The van der Waals surface area contributed by atoms with Gasteiger partial charge in [-0.05, 0) is 57.1 Å². The Morgan fingerprint density at radius 1 is 1.15 bits per heavy atom. The Balaban J connectivity index is 1.96. The van der Waals surface area contributed by atoms with Crippen molar-refractivity contribution < 1.29 is 4.79 Å².